The molecular weight excluding hydrogens is 436 g/mol. The van der Waals surface area contributed by atoms with E-state index in [0.717, 1.165) is 41.3 Å². The number of hydrogen-bond acceptors (Lipinski definition) is 4. The summed E-state index contributed by atoms with van der Waals surface area (Å²) >= 11 is 0. The minimum absolute atomic E-state index is 0.0541. The Morgan fingerprint density at radius 3 is 2.42 bits per heavy atom. The predicted octanol–water partition coefficient (Wildman–Crippen LogP) is 4.14. The van der Waals surface area contributed by atoms with E-state index in [4.69, 9.17) is 4.74 Å². The normalized spacial score (nSPS) is 14.8. The van der Waals surface area contributed by atoms with E-state index in [2.05, 4.69) is 5.32 Å². The molecule has 0 aliphatic carbocycles. The van der Waals surface area contributed by atoms with Crippen LogP contribution in [0.2, 0.25) is 0 Å². The summed E-state index contributed by atoms with van der Waals surface area (Å²) in [7, 11) is -3.42. The molecule has 0 bridgehead atoms. The Bertz CT molecular complexity index is 1180. The Morgan fingerprint density at radius 1 is 0.909 bits per heavy atom. The van der Waals surface area contributed by atoms with Crippen LogP contribution in [-0.4, -0.2) is 44.9 Å². The zero-order valence-electron chi connectivity index (χ0n) is 18.7. The first-order valence-corrected chi connectivity index (χ1v) is 12.9. The second kappa shape index (κ2) is 10.8. The molecular formula is C26H30N2O4S. The molecule has 0 unspecified atom stereocenters. The van der Waals surface area contributed by atoms with Gasteiger partial charge in [0.25, 0.3) is 0 Å². The number of rotatable bonds is 9. The number of carbonyl (C=O) groups excluding carboxylic acids is 1. The first-order chi connectivity index (χ1) is 16.0. The minimum atomic E-state index is -3.42. The predicted molar refractivity (Wildman–Crippen MR) is 130 cm³/mol. The monoisotopic (exact) mass is 466 g/mol. The molecule has 33 heavy (non-hydrogen) atoms. The molecule has 1 fully saturated rings. The van der Waals surface area contributed by atoms with Crippen molar-refractivity contribution in [3.8, 4) is 5.75 Å². The van der Waals surface area contributed by atoms with Crippen LogP contribution in [0.5, 0.6) is 5.75 Å². The molecule has 0 atom stereocenters. The molecule has 0 saturated carbocycles. The highest BCUT2D eigenvalue weighted by molar-refractivity contribution is 7.89. The first kappa shape index (κ1) is 23.3. The Labute approximate surface area is 195 Å². The Balaban J connectivity index is 1.21. The van der Waals surface area contributed by atoms with E-state index in [0.29, 0.717) is 44.0 Å². The minimum Gasteiger partial charge on any atom is -0.491 e. The highest BCUT2D eigenvalue weighted by atomic mass is 32.2. The smallest absolute Gasteiger partial charge is 0.243 e. The molecule has 0 aromatic heterocycles. The number of sulfonamides is 1. The number of carbonyl (C=O) groups is 1. The van der Waals surface area contributed by atoms with Gasteiger partial charge in [-0.3, -0.25) is 4.79 Å². The van der Waals surface area contributed by atoms with Crippen LogP contribution < -0.4 is 10.1 Å². The number of amides is 1. The summed E-state index contributed by atoms with van der Waals surface area (Å²) in [5, 5.41) is 5.06. The lowest BCUT2D eigenvalue weighted by atomic mass is 10.1. The van der Waals surface area contributed by atoms with Crippen molar-refractivity contribution in [1.82, 2.24) is 9.62 Å². The third-order valence-corrected chi connectivity index (χ3v) is 7.86. The van der Waals surface area contributed by atoms with Crippen LogP contribution >= 0.6 is 0 Å². The Morgan fingerprint density at radius 2 is 1.64 bits per heavy atom. The third-order valence-electron chi connectivity index (χ3n) is 5.95. The standard InChI is InChI=1S/C26H30N2O4S/c29-26(27-17-20-32-25-10-6-8-22-7-2-3-9-24(22)25)16-13-21-11-14-23(15-12-21)33(30,31)28-18-4-1-5-19-28/h2-3,6-12,14-15H,1,4-5,13,16-20H2,(H,27,29). The van der Waals surface area contributed by atoms with E-state index >= 15 is 0 Å². The highest BCUT2D eigenvalue weighted by Gasteiger charge is 2.25. The summed E-state index contributed by atoms with van der Waals surface area (Å²) in [5.74, 6) is 0.753. The fraction of sp³-hybridized carbons (Fsp3) is 0.346. The van der Waals surface area contributed by atoms with Gasteiger partial charge < -0.3 is 10.1 Å². The van der Waals surface area contributed by atoms with Gasteiger partial charge >= 0.3 is 0 Å². The van der Waals surface area contributed by atoms with Gasteiger partial charge in [-0.1, -0.05) is 55.0 Å². The molecule has 4 rings (SSSR count). The summed E-state index contributed by atoms with van der Waals surface area (Å²) in [4.78, 5) is 12.5. The van der Waals surface area contributed by atoms with Crippen LogP contribution in [0.4, 0.5) is 0 Å². The largest absolute Gasteiger partial charge is 0.491 e. The van der Waals surface area contributed by atoms with Gasteiger partial charge in [0.05, 0.1) is 11.4 Å². The molecule has 3 aromatic rings. The molecule has 0 radical (unpaired) electrons. The van der Waals surface area contributed by atoms with Crippen molar-refractivity contribution in [1.29, 1.82) is 0 Å². The molecule has 7 heteroatoms. The Hall–Kier alpha value is -2.90. The molecule has 1 amide bonds. The van der Waals surface area contributed by atoms with Crippen LogP contribution in [0, 0.1) is 0 Å². The fourth-order valence-corrected chi connectivity index (χ4v) is 5.62. The molecule has 1 heterocycles. The maximum absolute atomic E-state index is 12.7. The molecule has 1 aliphatic rings. The topological polar surface area (TPSA) is 75.7 Å². The SMILES string of the molecule is O=C(CCc1ccc(S(=O)(=O)N2CCCCC2)cc1)NCCOc1cccc2ccccc12. The summed E-state index contributed by atoms with van der Waals surface area (Å²) < 4.78 is 32.9. The zero-order valence-corrected chi connectivity index (χ0v) is 19.5. The van der Waals surface area contributed by atoms with Crippen molar-refractivity contribution in [3.05, 3.63) is 72.3 Å². The van der Waals surface area contributed by atoms with Crippen LogP contribution in [-0.2, 0) is 21.2 Å². The van der Waals surface area contributed by atoms with Gasteiger partial charge in [-0.2, -0.15) is 4.31 Å². The summed E-state index contributed by atoms with van der Waals surface area (Å²) in [6.45, 7) is 2.00. The number of ether oxygens (including phenoxy) is 1. The molecule has 1 saturated heterocycles. The van der Waals surface area contributed by atoms with E-state index in [-0.39, 0.29) is 5.91 Å². The maximum atomic E-state index is 12.7. The van der Waals surface area contributed by atoms with Crippen molar-refractivity contribution < 1.29 is 17.9 Å². The van der Waals surface area contributed by atoms with Crippen molar-refractivity contribution in [2.45, 2.75) is 37.0 Å². The fourth-order valence-electron chi connectivity index (χ4n) is 4.10. The lowest BCUT2D eigenvalue weighted by Crippen LogP contribution is -2.35. The number of piperidine rings is 1. The van der Waals surface area contributed by atoms with Crippen molar-refractivity contribution in [3.63, 3.8) is 0 Å². The average Bonchev–Trinajstić information content (AvgIpc) is 2.86. The van der Waals surface area contributed by atoms with Crippen molar-refractivity contribution in [2.24, 2.45) is 0 Å². The molecule has 1 aliphatic heterocycles. The van der Waals surface area contributed by atoms with Gasteiger partial charge in [-0.05, 0) is 48.4 Å². The van der Waals surface area contributed by atoms with E-state index < -0.39 is 10.0 Å². The summed E-state index contributed by atoms with van der Waals surface area (Å²) in [6.07, 6.45) is 3.81. The van der Waals surface area contributed by atoms with Gasteiger partial charge in [0.1, 0.15) is 12.4 Å². The second-order valence-electron chi connectivity index (χ2n) is 8.28. The average molecular weight is 467 g/mol. The zero-order chi connectivity index (χ0) is 23.1. The van der Waals surface area contributed by atoms with E-state index in [9.17, 15) is 13.2 Å². The van der Waals surface area contributed by atoms with Crippen LogP contribution in [0.3, 0.4) is 0 Å². The van der Waals surface area contributed by atoms with Crippen LogP contribution in [0.1, 0.15) is 31.2 Å². The first-order valence-electron chi connectivity index (χ1n) is 11.5. The maximum Gasteiger partial charge on any atom is 0.243 e. The third kappa shape index (κ3) is 5.92. The number of nitrogens with one attached hydrogen (secondary N) is 1. The lowest BCUT2D eigenvalue weighted by Gasteiger charge is -2.25. The van der Waals surface area contributed by atoms with Crippen LogP contribution in [0.15, 0.2) is 71.6 Å². The summed E-state index contributed by atoms with van der Waals surface area (Å²) in [6, 6.07) is 20.9. The molecule has 1 N–H and O–H groups in total. The van der Waals surface area contributed by atoms with Gasteiger partial charge in [0, 0.05) is 24.9 Å². The van der Waals surface area contributed by atoms with E-state index in [1.165, 1.54) is 0 Å². The number of benzene rings is 3. The Kier molecular flexibility index (Phi) is 7.62. The van der Waals surface area contributed by atoms with Crippen molar-refractivity contribution >= 4 is 26.7 Å². The van der Waals surface area contributed by atoms with Gasteiger partial charge in [0.15, 0.2) is 0 Å². The molecule has 6 nitrogen and oxygen atoms in total. The summed E-state index contributed by atoms with van der Waals surface area (Å²) in [5.41, 5.74) is 0.940. The molecule has 174 valence electrons. The molecule has 3 aromatic carbocycles. The lowest BCUT2D eigenvalue weighted by molar-refractivity contribution is -0.121. The van der Waals surface area contributed by atoms with Crippen molar-refractivity contribution in [2.75, 3.05) is 26.2 Å². The second-order valence-corrected chi connectivity index (χ2v) is 10.2. The number of aryl methyl sites for hydroxylation is 1. The number of fused-ring (bicyclic) bond motifs is 1. The van der Waals surface area contributed by atoms with E-state index in [1.54, 1.807) is 28.6 Å². The van der Waals surface area contributed by atoms with Gasteiger partial charge in [0.2, 0.25) is 15.9 Å². The molecule has 0 spiro atoms. The number of nitrogens with zero attached hydrogens (tertiary/aromatic N) is 1. The number of hydrogen-bond donors (Lipinski definition) is 1. The van der Waals surface area contributed by atoms with Crippen LogP contribution in [0.25, 0.3) is 10.8 Å². The van der Waals surface area contributed by atoms with E-state index in [1.807, 2.05) is 42.5 Å². The highest BCUT2D eigenvalue weighted by Crippen LogP contribution is 2.25. The quantitative estimate of drug-likeness (QED) is 0.481. The van der Waals surface area contributed by atoms with Gasteiger partial charge in [-0.25, -0.2) is 8.42 Å². The van der Waals surface area contributed by atoms with Gasteiger partial charge in [-0.15, -0.1) is 0 Å².